The number of carbonyl (C=O) groups is 2. The molecule has 0 spiro atoms. The molecule has 5 N–H and O–H groups in total. The first-order valence-corrected chi connectivity index (χ1v) is 11.0. The number of rotatable bonds is 9. The summed E-state index contributed by atoms with van der Waals surface area (Å²) in [6.07, 6.45) is -1.04. The molecule has 1 aromatic carbocycles. The lowest BCUT2D eigenvalue weighted by Crippen LogP contribution is -2.66. The Morgan fingerprint density at radius 1 is 1.17 bits per heavy atom. The largest absolute Gasteiger partial charge is 0.445 e. The zero-order valence-corrected chi connectivity index (χ0v) is 18.8. The van der Waals surface area contributed by atoms with Gasteiger partial charge in [0.25, 0.3) is 4.93 Å². The lowest BCUT2D eigenvalue weighted by Gasteiger charge is -2.37. The number of aliphatic hydroxyl groups is 1. The first-order chi connectivity index (χ1) is 13.6. The van der Waals surface area contributed by atoms with E-state index in [0.717, 1.165) is 0 Å². The van der Waals surface area contributed by atoms with E-state index in [1.165, 1.54) is 0 Å². The van der Waals surface area contributed by atoms with Crippen molar-refractivity contribution in [2.45, 2.75) is 64.7 Å². The maximum absolute atomic E-state index is 13.2. The summed E-state index contributed by atoms with van der Waals surface area (Å²) in [6, 6.07) is 5.69. The Morgan fingerprint density at radius 2 is 1.70 bits per heavy atom. The number of nitrogens with two attached hydrogens (primary N) is 1. The van der Waals surface area contributed by atoms with Crippen molar-refractivity contribution in [2.75, 3.05) is 0 Å². The van der Waals surface area contributed by atoms with Gasteiger partial charge in [-0.05, 0) is 23.3 Å². The number of carbonyl (C=O) groups excluding carboxylic acids is 2. The molecular formula is C20H32N2O7S. The monoisotopic (exact) mass is 444 g/mol. The number of hydrogen-bond donors (Lipinski definition) is 4. The minimum absolute atomic E-state index is 0.0582. The van der Waals surface area contributed by atoms with Crippen molar-refractivity contribution in [1.82, 2.24) is 5.32 Å². The van der Waals surface area contributed by atoms with E-state index >= 15 is 0 Å². The normalized spacial score (nSPS) is 16.4. The maximum Gasteiger partial charge on any atom is 0.408 e. The van der Waals surface area contributed by atoms with Crippen LogP contribution < -0.4 is 11.1 Å². The van der Waals surface area contributed by atoms with E-state index in [4.69, 9.17) is 10.5 Å². The van der Waals surface area contributed by atoms with Crippen molar-refractivity contribution in [1.29, 1.82) is 0 Å². The summed E-state index contributed by atoms with van der Waals surface area (Å²) in [6.45, 7) is 8.04. The number of ether oxygens (including phenoxy) is 1. The van der Waals surface area contributed by atoms with Crippen LogP contribution in [-0.2, 0) is 26.3 Å². The van der Waals surface area contributed by atoms with Gasteiger partial charge in [-0.25, -0.2) is 4.79 Å². The fourth-order valence-corrected chi connectivity index (χ4v) is 3.78. The van der Waals surface area contributed by atoms with Crippen molar-refractivity contribution >= 4 is 22.0 Å². The van der Waals surface area contributed by atoms with Crippen LogP contribution in [0.4, 0.5) is 4.79 Å². The standard InChI is InChI=1S/C20H32N2O7S/c1-13(2)11-15(21)20(25,30(26,27)28)17(23)16(19(3,4)5)22-18(24)29-12-14-9-7-6-8-10-14/h6-10,13,15-16,25H,11-12,21H2,1-5H3,(H,22,24)(H,26,27,28)/t15?,16-,20?/m1/s1. The Bertz CT molecular complexity index is 834. The average Bonchev–Trinajstić information content (AvgIpc) is 2.61. The van der Waals surface area contributed by atoms with E-state index in [1.54, 1.807) is 65.0 Å². The van der Waals surface area contributed by atoms with Gasteiger partial charge in [0.1, 0.15) is 12.6 Å². The summed E-state index contributed by atoms with van der Waals surface area (Å²) in [7, 11) is -5.32. The first-order valence-electron chi connectivity index (χ1n) is 9.57. The van der Waals surface area contributed by atoms with Gasteiger partial charge < -0.3 is 20.9 Å². The van der Waals surface area contributed by atoms with E-state index in [9.17, 15) is 27.7 Å². The van der Waals surface area contributed by atoms with Gasteiger partial charge in [0.15, 0.2) is 0 Å². The highest BCUT2D eigenvalue weighted by Gasteiger charge is 2.57. The molecule has 0 radical (unpaired) electrons. The molecule has 1 amide bonds. The van der Waals surface area contributed by atoms with Gasteiger partial charge in [0.2, 0.25) is 5.78 Å². The van der Waals surface area contributed by atoms with Gasteiger partial charge in [0.05, 0.1) is 6.04 Å². The second-order valence-corrected chi connectivity index (χ2v) is 10.3. The van der Waals surface area contributed by atoms with Crippen molar-refractivity contribution < 1.29 is 32.4 Å². The summed E-state index contributed by atoms with van der Waals surface area (Å²) < 4.78 is 38.8. The highest BCUT2D eigenvalue weighted by molar-refractivity contribution is 7.88. The summed E-state index contributed by atoms with van der Waals surface area (Å²) in [5.74, 6) is -1.50. The van der Waals surface area contributed by atoms with E-state index in [-0.39, 0.29) is 18.9 Å². The molecule has 0 bridgehead atoms. The molecule has 0 saturated heterocycles. The number of benzene rings is 1. The zero-order chi connectivity index (χ0) is 23.3. The summed E-state index contributed by atoms with van der Waals surface area (Å²) >= 11 is 0. The van der Waals surface area contributed by atoms with Crippen LogP contribution in [0, 0.1) is 11.3 Å². The first kappa shape index (κ1) is 26.0. The number of amides is 1. The van der Waals surface area contributed by atoms with E-state index in [0.29, 0.717) is 5.56 Å². The van der Waals surface area contributed by atoms with Gasteiger partial charge in [-0.1, -0.05) is 65.0 Å². The number of ketones is 1. The smallest absolute Gasteiger partial charge is 0.408 e. The van der Waals surface area contributed by atoms with Gasteiger partial charge in [-0.2, -0.15) is 8.42 Å². The Labute approximate surface area is 177 Å². The molecule has 0 aliphatic carbocycles. The predicted octanol–water partition coefficient (Wildman–Crippen LogP) is 1.85. The zero-order valence-electron chi connectivity index (χ0n) is 18.0. The minimum atomic E-state index is -5.32. The quantitative estimate of drug-likeness (QED) is 0.420. The third-order valence-corrected chi connectivity index (χ3v) is 5.87. The molecular weight excluding hydrogens is 412 g/mol. The molecule has 3 atom stereocenters. The van der Waals surface area contributed by atoms with Crippen LogP contribution in [-0.4, -0.2) is 47.0 Å². The maximum atomic E-state index is 13.2. The van der Waals surface area contributed by atoms with Crippen molar-refractivity contribution in [3.63, 3.8) is 0 Å². The lowest BCUT2D eigenvalue weighted by molar-refractivity contribution is -0.136. The molecule has 170 valence electrons. The van der Waals surface area contributed by atoms with Crippen LogP contribution in [0.2, 0.25) is 0 Å². The summed E-state index contributed by atoms with van der Waals surface area (Å²) in [5, 5.41) is 13.1. The molecule has 0 aliphatic rings. The number of nitrogens with one attached hydrogen (secondary N) is 1. The van der Waals surface area contributed by atoms with Crippen LogP contribution in [0.1, 0.15) is 46.6 Å². The number of Topliss-reactive ketones (excluding diaryl/α,β-unsaturated/α-hetero) is 1. The molecule has 9 nitrogen and oxygen atoms in total. The van der Waals surface area contributed by atoms with Gasteiger partial charge in [-0.15, -0.1) is 0 Å². The predicted molar refractivity (Wildman–Crippen MR) is 112 cm³/mol. The van der Waals surface area contributed by atoms with Crippen LogP contribution in [0.3, 0.4) is 0 Å². The second-order valence-electron chi connectivity index (χ2n) is 8.78. The van der Waals surface area contributed by atoms with Crippen LogP contribution in [0.15, 0.2) is 30.3 Å². The molecule has 2 unspecified atom stereocenters. The fourth-order valence-electron chi connectivity index (χ4n) is 2.93. The SMILES string of the molecule is CC(C)CC(N)C(O)(C(=O)[C@@H](NC(=O)OCc1ccccc1)C(C)(C)C)S(=O)(=O)O. The van der Waals surface area contributed by atoms with Crippen molar-refractivity contribution in [3.8, 4) is 0 Å². The fraction of sp³-hybridized carbons (Fsp3) is 0.600. The third-order valence-electron chi connectivity index (χ3n) is 4.58. The minimum Gasteiger partial charge on any atom is -0.445 e. The highest BCUT2D eigenvalue weighted by atomic mass is 32.2. The highest BCUT2D eigenvalue weighted by Crippen LogP contribution is 2.30. The molecule has 30 heavy (non-hydrogen) atoms. The Morgan fingerprint density at radius 3 is 2.13 bits per heavy atom. The Kier molecular flexibility index (Phi) is 8.56. The van der Waals surface area contributed by atoms with Gasteiger partial charge in [-0.3, -0.25) is 9.35 Å². The third kappa shape index (κ3) is 6.49. The van der Waals surface area contributed by atoms with E-state index in [2.05, 4.69) is 5.32 Å². The number of alkyl carbamates (subject to hydrolysis) is 1. The average molecular weight is 445 g/mol. The molecule has 0 heterocycles. The summed E-state index contributed by atoms with van der Waals surface area (Å²) in [5.41, 5.74) is 5.51. The van der Waals surface area contributed by atoms with Gasteiger partial charge in [0, 0.05) is 0 Å². The van der Waals surface area contributed by atoms with Crippen LogP contribution in [0.5, 0.6) is 0 Å². The van der Waals surface area contributed by atoms with Crippen molar-refractivity contribution in [2.24, 2.45) is 17.1 Å². The Balaban J connectivity index is 3.15. The molecule has 0 aromatic heterocycles. The lowest BCUT2D eigenvalue weighted by atomic mass is 9.80. The molecule has 0 fully saturated rings. The molecule has 0 saturated carbocycles. The number of hydrogen-bond acceptors (Lipinski definition) is 7. The van der Waals surface area contributed by atoms with Crippen molar-refractivity contribution in [3.05, 3.63) is 35.9 Å². The van der Waals surface area contributed by atoms with E-state index in [1.807, 2.05) is 0 Å². The van der Waals surface area contributed by atoms with Crippen LogP contribution >= 0.6 is 0 Å². The Hall–Kier alpha value is -2.01. The van der Waals surface area contributed by atoms with Gasteiger partial charge >= 0.3 is 16.2 Å². The summed E-state index contributed by atoms with van der Waals surface area (Å²) in [4.78, 5) is 22.2. The second kappa shape index (κ2) is 9.86. The topological polar surface area (TPSA) is 156 Å². The molecule has 10 heteroatoms. The molecule has 1 aromatic rings. The van der Waals surface area contributed by atoms with Crippen LogP contribution in [0.25, 0.3) is 0 Å². The molecule has 1 rings (SSSR count). The van der Waals surface area contributed by atoms with E-state index < -0.39 is 44.4 Å². The molecule has 0 aliphatic heterocycles.